The van der Waals surface area contributed by atoms with Crippen molar-refractivity contribution >= 4 is 18.2 Å². The van der Waals surface area contributed by atoms with Crippen LogP contribution in [-0.2, 0) is 20.1 Å². The van der Waals surface area contributed by atoms with Crippen LogP contribution in [0.15, 0.2) is 12.4 Å². The number of hydrogen-bond acceptors (Lipinski definition) is 3. The molecule has 0 aliphatic rings. The molecule has 1 N–H and O–H groups in total. The molecule has 0 spiro atoms. The van der Waals surface area contributed by atoms with Gasteiger partial charge >= 0.3 is 0 Å². The molecule has 19 heavy (non-hydrogen) atoms. The normalized spacial score (nSPS) is 10.3. The monoisotopic (exact) mass is 287 g/mol. The third-order valence-electron chi connectivity index (χ3n) is 3.01. The van der Waals surface area contributed by atoms with E-state index in [9.17, 15) is 4.39 Å². The first-order valence-electron chi connectivity index (χ1n) is 5.93. The molecule has 106 valence electrons. The Hall–Kier alpha value is -1.56. The van der Waals surface area contributed by atoms with E-state index in [0.29, 0.717) is 6.54 Å². The second-order valence-electron chi connectivity index (χ2n) is 4.34. The highest BCUT2D eigenvalue weighted by Crippen LogP contribution is 2.16. The van der Waals surface area contributed by atoms with Gasteiger partial charge in [-0.15, -0.1) is 12.4 Å². The first kappa shape index (κ1) is 15.5. The van der Waals surface area contributed by atoms with E-state index in [0.717, 1.165) is 22.6 Å². The molecule has 0 aromatic carbocycles. The van der Waals surface area contributed by atoms with Gasteiger partial charge in [-0.3, -0.25) is 4.68 Å². The van der Waals surface area contributed by atoms with Crippen LogP contribution in [0.2, 0.25) is 0 Å². The van der Waals surface area contributed by atoms with Gasteiger partial charge in [0.2, 0.25) is 0 Å². The summed E-state index contributed by atoms with van der Waals surface area (Å²) in [5, 5.41) is 11.6. The largest absolute Gasteiger partial charge is 0.364 e. The summed E-state index contributed by atoms with van der Waals surface area (Å²) in [6.07, 6.45) is 3.58. The lowest BCUT2D eigenvalue weighted by Crippen LogP contribution is -2.12. The van der Waals surface area contributed by atoms with Crippen molar-refractivity contribution in [3.63, 3.8) is 0 Å². The van der Waals surface area contributed by atoms with Gasteiger partial charge < -0.3 is 5.32 Å². The Morgan fingerprint density at radius 1 is 1.21 bits per heavy atom. The Labute approximate surface area is 118 Å². The third kappa shape index (κ3) is 3.26. The molecule has 0 saturated carbocycles. The van der Waals surface area contributed by atoms with Crippen molar-refractivity contribution in [1.29, 1.82) is 0 Å². The highest BCUT2D eigenvalue weighted by atomic mass is 35.5. The van der Waals surface area contributed by atoms with E-state index < -0.39 is 6.67 Å². The van der Waals surface area contributed by atoms with Crippen LogP contribution in [0.1, 0.15) is 16.8 Å². The fourth-order valence-corrected chi connectivity index (χ4v) is 1.95. The molecule has 0 saturated heterocycles. The zero-order chi connectivity index (χ0) is 13.1. The summed E-state index contributed by atoms with van der Waals surface area (Å²) < 4.78 is 15.9. The Bertz CT molecular complexity index is 515. The molecule has 0 atom stereocenters. The number of rotatable bonds is 5. The highest BCUT2D eigenvalue weighted by molar-refractivity contribution is 5.85. The summed E-state index contributed by atoms with van der Waals surface area (Å²) in [5.41, 5.74) is 3.27. The highest BCUT2D eigenvalue weighted by Gasteiger charge is 2.09. The second kappa shape index (κ2) is 6.56. The van der Waals surface area contributed by atoms with Crippen molar-refractivity contribution in [3.8, 4) is 0 Å². The summed E-state index contributed by atoms with van der Waals surface area (Å²) in [5.74, 6) is 0.869. The predicted octanol–water partition coefficient (Wildman–Crippen LogP) is 2.24. The minimum absolute atomic E-state index is 0. The number of anilines is 1. The Balaban J connectivity index is 0.00000180. The van der Waals surface area contributed by atoms with Gasteiger partial charge in [0, 0.05) is 12.6 Å². The van der Waals surface area contributed by atoms with Crippen molar-refractivity contribution in [2.75, 3.05) is 12.0 Å². The van der Waals surface area contributed by atoms with Crippen LogP contribution in [0, 0.1) is 13.8 Å². The maximum atomic E-state index is 12.4. The number of halogens is 2. The van der Waals surface area contributed by atoms with E-state index in [4.69, 9.17) is 0 Å². The number of aryl methyl sites for hydroxylation is 4. The molecule has 0 fully saturated rings. The standard InChI is InChI=1S/C12H18FN5.ClH/c1-9-6-15-17(3)11(9)8-14-12-10(2)7-16-18(12)5-4-13;/h6-7,14H,4-5,8H2,1-3H3;1H. The smallest absolute Gasteiger partial charge is 0.127 e. The lowest BCUT2D eigenvalue weighted by Gasteiger charge is -2.11. The summed E-state index contributed by atoms with van der Waals surface area (Å²) in [6.45, 7) is 4.50. The number of hydrogen-bond donors (Lipinski definition) is 1. The molecule has 0 aliphatic carbocycles. The molecular formula is C12H19ClFN5. The summed E-state index contributed by atoms with van der Waals surface area (Å²) in [4.78, 5) is 0. The summed E-state index contributed by atoms with van der Waals surface area (Å²) in [7, 11) is 1.91. The van der Waals surface area contributed by atoms with Gasteiger partial charge in [0.1, 0.15) is 12.5 Å². The topological polar surface area (TPSA) is 47.7 Å². The van der Waals surface area contributed by atoms with E-state index >= 15 is 0 Å². The van der Waals surface area contributed by atoms with E-state index in [1.165, 1.54) is 0 Å². The van der Waals surface area contributed by atoms with E-state index in [2.05, 4.69) is 15.5 Å². The first-order chi connectivity index (χ1) is 8.63. The molecule has 2 heterocycles. The molecule has 0 bridgehead atoms. The van der Waals surface area contributed by atoms with Gasteiger partial charge in [0.25, 0.3) is 0 Å². The lowest BCUT2D eigenvalue weighted by atomic mass is 10.2. The third-order valence-corrected chi connectivity index (χ3v) is 3.01. The zero-order valence-corrected chi connectivity index (χ0v) is 12.2. The molecule has 2 rings (SSSR count). The number of nitrogens with zero attached hydrogens (tertiary/aromatic N) is 4. The molecule has 0 amide bonds. The van der Waals surface area contributed by atoms with Crippen molar-refractivity contribution in [2.24, 2.45) is 7.05 Å². The van der Waals surface area contributed by atoms with E-state index in [1.54, 1.807) is 10.9 Å². The maximum absolute atomic E-state index is 12.4. The lowest BCUT2D eigenvalue weighted by molar-refractivity contribution is 0.429. The Morgan fingerprint density at radius 2 is 1.89 bits per heavy atom. The van der Waals surface area contributed by atoms with E-state index in [1.807, 2.05) is 31.8 Å². The van der Waals surface area contributed by atoms with Crippen LogP contribution in [0.3, 0.4) is 0 Å². The molecule has 0 aliphatic heterocycles. The van der Waals surface area contributed by atoms with Crippen molar-refractivity contribution < 1.29 is 4.39 Å². The van der Waals surface area contributed by atoms with Crippen LogP contribution in [0.25, 0.3) is 0 Å². The number of alkyl halides is 1. The SMILES string of the molecule is Cc1cnn(C)c1CNc1c(C)cnn1CCF.Cl. The molecule has 5 nitrogen and oxygen atoms in total. The Morgan fingerprint density at radius 3 is 2.47 bits per heavy atom. The average molecular weight is 288 g/mol. The summed E-state index contributed by atoms with van der Waals surface area (Å²) in [6, 6.07) is 0. The van der Waals surface area contributed by atoms with Crippen LogP contribution < -0.4 is 5.32 Å². The molecule has 2 aromatic heterocycles. The minimum atomic E-state index is -0.416. The molecule has 0 radical (unpaired) electrons. The van der Waals surface area contributed by atoms with Gasteiger partial charge in [-0.05, 0) is 19.4 Å². The molecular weight excluding hydrogens is 269 g/mol. The Kier molecular flexibility index (Phi) is 5.35. The quantitative estimate of drug-likeness (QED) is 0.917. The van der Waals surface area contributed by atoms with Crippen LogP contribution in [-0.4, -0.2) is 26.2 Å². The predicted molar refractivity (Wildman–Crippen MR) is 75.5 cm³/mol. The van der Waals surface area contributed by atoms with E-state index in [-0.39, 0.29) is 19.0 Å². The van der Waals surface area contributed by atoms with Crippen LogP contribution >= 0.6 is 12.4 Å². The van der Waals surface area contributed by atoms with Crippen LogP contribution in [0.5, 0.6) is 0 Å². The fraction of sp³-hybridized carbons (Fsp3) is 0.500. The number of nitrogens with one attached hydrogen (secondary N) is 1. The van der Waals surface area contributed by atoms with Gasteiger partial charge in [-0.1, -0.05) is 0 Å². The van der Waals surface area contributed by atoms with Crippen LogP contribution in [0.4, 0.5) is 10.2 Å². The first-order valence-corrected chi connectivity index (χ1v) is 5.93. The molecule has 7 heteroatoms. The maximum Gasteiger partial charge on any atom is 0.127 e. The van der Waals surface area contributed by atoms with Crippen molar-refractivity contribution in [1.82, 2.24) is 19.6 Å². The van der Waals surface area contributed by atoms with Gasteiger partial charge in [0.15, 0.2) is 0 Å². The van der Waals surface area contributed by atoms with Gasteiger partial charge in [-0.2, -0.15) is 10.2 Å². The minimum Gasteiger partial charge on any atom is -0.364 e. The zero-order valence-electron chi connectivity index (χ0n) is 11.4. The number of aromatic nitrogens is 4. The van der Waals surface area contributed by atoms with Crippen molar-refractivity contribution in [2.45, 2.75) is 26.9 Å². The summed E-state index contributed by atoms with van der Waals surface area (Å²) >= 11 is 0. The van der Waals surface area contributed by atoms with Gasteiger partial charge in [0.05, 0.1) is 31.2 Å². The molecule has 0 unspecified atom stereocenters. The van der Waals surface area contributed by atoms with Crippen molar-refractivity contribution in [3.05, 3.63) is 29.2 Å². The average Bonchev–Trinajstić information content (AvgIpc) is 2.84. The molecule has 2 aromatic rings. The van der Waals surface area contributed by atoms with Gasteiger partial charge in [-0.25, -0.2) is 9.07 Å². The second-order valence-corrected chi connectivity index (χ2v) is 4.34. The fourth-order valence-electron chi connectivity index (χ4n) is 1.95.